The van der Waals surface area contributed by atoms with E-state index < -0.39 is 0 Å². The minimum absolute atomic E-state index is 0.162. The van der Waals surface area contributed by atoms with Crippen LogP contribution in [0.15, 0.2) is 63.8 Å². The average Bonchev–Trinajstić information content (AvgIpc) is 3.59. The Morgan fingerprint density at radius 1 is 1.09 bits per heavy atom. The molecule has 0 saturated carbocycles. The van der Waals surface area contributed by atoms with Gasteiger partial charge in [-0.15, -0.1) is 0 Å². The Morgan fingerprint density at radius 2 is 1.91 bits per heavy atom. The third-order valence-corrected chi connectivity index (χ3v) is 5.53. The SMILES string of the molecule is N#Cc1nc(-c2ccco2)oc1N1CCN(C(=O)c2ccn(-c3ccccc3Cl)n2)CC1. The van der Waals surface area contributed by atoms with E-state index >= 15 is 0 Å². The van der Waals surface area contributed by atoms with Gasteiger partial charge in [-0.05, 0) is 30.3 Å². The predicted molar refractivity (Wildman–Crippen MR) is 116 cm³/mol. The highest BCUT2D eigenvalue weighted by molar-refractivity contribution is 6.32. The van der Waals surface area contributed by atoms with Gasteiger partial charge in [0, 0.05) is 32.4 Å². The number of piperazine rings is 1. The number of nitrogens with zero attached hydrogens (tertiary/aromatic N) is 6. The first-order valence-electron chi connectivity index (χ1n) is 9.93. The van der Waals surface area contributed by atoms with Crippen molar-refractivity contribution in [2.45, 2.75) is 0 Å². The van der Waals surface area contributed by atoms with Gasteiger partial charge < -0.3 is 18.6 Å². The molecule has 0 N–H and O–H groups in total. The minimum atomic E-state index is -0.162. The number of carbonyl (C=O) groups is 1. The Morgan fingerprint density at radius 3 is 2.62 bits per heavy atom. The van der Waals surface area contributed by atoms with E-state index in [0.717, 1.165) is 0 Å². The molecule has 4 aromatic rings. The molecule has 1 fully saturated rings. The van der Waals surface area contributed by atoms with Gasteiger partial charge in [0.2, 0.25) is 11.6 Å². The number of hydrogen-bond donors (Lipinski definition) is 0. The molecule has 0 unspecified atom stereocenters. The zero-order chi connectivity index (χ0) is 22.1. The van der Waals surface area contributed by atoms with E-state index in [1.54, 1.807) is 40.0 Å². The number of rotatable bonds is 4. The Hall–Kier alpha value is -4.03. The molecule has 0 radical (unpaired) electrons. The minimum Gasteiger partial charge on any atom is -0.459 e. The Balaban J connectivity index is 1.28. The van der Waals surface area contributed by atoms with Crippen LogP contribution >= 0.6 is 11.6 Å². The molecule has 1 aliphatic heterocycles. The maximum atomic E-state index is 13.0. The topological polar surface area (TPSA) is 104 Å². The molecule has 1 amide bonds. The lowest BCUT2D eigenvalue weighted by molar-refractivity contribution is 0.0739. The molecule has 1 saturated heterocycles. The number of carbonyl (C=O) groups excluding carboxylic acids is 1. The molecular formula is C22H17ClN6O3. The molecule has 10 heteroatoms. The number of benzene rings is 1. The molecule has 0 aliphatic carbocycles. The standard InChI is InChI=1S/C22H17ClN6O3/c23-15-4-1-2-5-18(15)29-8-7-16(26-29)21(30)27-9-11-28(12-10-27)22-17(14-24)25-20(32-22)19-6-3-13-31-19/h1-8,13H,9-12H2. The van der Waals surface area contributed by atoms with Gasteiger partial charge in [0.25, 0.3) is 11.8 Å². The van der Waals surface area contributed by atoms with Gasteiger partial charge in [-0.1, -0.05) is 23.7 Å². The van der Waals surface area contributed by atoms with E-state index in [9.17, 15) is 10.1 Å². The third-order valence-electron chi connectivity index (χ3n) is 5.21. The van der Waals surface area contributed by atoms with E-state index in [0.29, 0.717) is 54.2 Å². The van der Waals surface area contributed by atoms with Gasteiger partial charge in [-0.3, -0.25) is 4.79 Å². The van der Waals surface area contributed by atoms with Crippen LogP contribution in [0.3, 0.4) is 0 Å². The fourth-order valence-electron chi connectivity index (χ4n) is 3.59. The Labute approximate surface area is 188 Å². The van der Waals surface area contributed by atoms with Crippen molar-refractivity contribution in [3.8, 4) is 23.4 Å². The van der Waals surface area contributed by atoms with Crippen molar-refractivity contribution in [2.24, 2.45) is 0 Å². The van der Waals surface area contributed by atoms with Crippen LogP contribution in [0.1, 0.15) is 16.2 Å². The van der Waals surface area contributed by atoms with E-state index in [-0.39, 0.29) is 17.5 Å². The number of amides is 1. The van der Waals surface area contributed by atoms with Gasteiger partial charge in [-0.2, -0.15) is 15.3 Å². The Kier molecular flexibility index (Phi) is 5.13. The van der Waals surface area contributed by atoms with Crippen LogP contribution in [0.5, 0.6) is 0 Å². The molecule has 1 aromatic carbocycles. The van der Waals surface area contributed by atoms with Crippen molar-refractivity contribution < 1.29 is 13.6 Å². The summed E-state index contributed by atoms with van der Waals surface area (Å²) in [7, 11) is 0. The fourth-order valence-corrected chi connectivity index (χ4v) is 3.81. The first-order chi connectivity index (χ1) is 15.6. The molecule has 0 spiro atoms. The van der Waals surface area contributed by atoms with Crippen molar-refractivity contribution in [1.29, 1.82) is 5.26 Å². The summed E-state index contributed by atoms with van der Waals surface area (Å²) in [5.74, 6) is 0.930. The summed E-state index contributed by atoms with van der Waals surface area (Å²) in [6.45, 7) is 1.91. The van der Waals surface area contributed by atoms with E-state index in [2.05, 4.69) is 16.2 Å². The summed E-state index contributed by atoms with van der Waals surface area (Å²) in [6.07, 6.45) is 3.23. The summed E-state index contributed by atoms with van der Waals surface area (Å²) < 4.78 is 12.7. The third kappa shape index (κ3) is 3.61. The van der Waals surface area contributed by atoms with Crippen LogP contribution in [0.4, 0.5) is 5.88 Å². The number of furan rings is 1. The maximum Gasteiger partial charge on any atom is 0.274 e. The number of halogens is 1. The van der Waals surface area contributed by atoms with Crippen molar-refractivity contribution in [1.82, 2.24) is 19.7 Å². The van der Waals surface area contributed by atoms with Crippen LogP contribution in [-0.2, 0) is 0 Å². The summed E-state index contributed by atoms with van der Waals surface area (Å²) in [5.41, 5.74) is 1.24. The summed E-state index contributed by atoms with van der Waals surface area (Å²) in [6, 6.07) is 14.5. The van der Waals surface area contributed by atoms with Gasteiger partial charge >= 0.3 is 0 Å². The largest absolute Gasteiger partial charge is 0.459 e. The van der Waals surface area contributed by atoms with Crippen molar-refractivity contribution >= 4 is 23.4 Å². The van der Waals surface area contributed by atoms with Crippen LogP contribution in [0.25, 0.3) is 17.3 Å². The number of oxazole rings is 1. The maximum absolute atomic E-state index is 13.0. The fraction of sp³-hybridized carbons (Fsp3) is 0.182. The van der Waals surface area contributed by atoms with Crippen molar-refractivity contribution in [3.63, 3.8) is 0 Å². The van der Waals surface area contributed by atoms with Gasteiger partial charge in [0.1, 0.15) is 6.07 Å². The van der Waals surface area contributed by atoms with E-state index in [1.807, 2.05) is 23.1 Å². The normalized spacial score (nSPS) is 13.9. The first-order valence-corrected chi connectivity index (χ1v) is 10.3. The van der Waals surface area contributed by atoms with Crippen LogP contribution in [-0.4, -0.2) is 51.8 Å². The zero-order valence-corrected chi connectivity index (χ0v) is 17.6. The van der Waals surface area contributed by atoms with E-state index in [1.165, 1.54) is 6.26 Å². The molecule has 160 valence electrons. The molecule has 0 atom stereocenters. The molecular weight excluding hydrogens is 432 g/mol. The summed E-state index contributed by atoms with van der Waals surface area (Å²) in [5, 5.41) is 14.4. The lowest BCUT2D eigenvalue weighted by Crippen LogP contribution is -2.49. The molecule has 9 nitrogen and oxygen atoms in total. The highest BCUT2D eigenvalue weighted by Crippen LogP contribution is 2.29. The monoisotopic (exact) mass is 448 g/mol. The first kappa shape index (κ1) is 19.9. The molecule has 1 aliphatic rings. The molecule has 5 rings (SSSR count). The number of hydrogen-bond acceptors (Lipinski definition) is 7. The average molecular weight is 449 g/mol. The lowest BCUT2D eigenvalue weighted by Gasteiger charge is -2.34. The number of aromatic nitrogens is 3. The predicted octanol–water partition coefficient (Wildman–Crippen LogP) is 3.61. The Bertz CT molecular complexity index is 1300. The second-order valence-corrected chi connectivity index (χ2v) is 7.55. The highest BCUT2D eigenvalue weighted by atomic mass is 35.5. The molecule has 0 bridgehead atoms. The van der Waals surface area contributed by atoms with E-state index in [4.69, 9.17) is 20.4 Å². The second kappa shape index (κ2) is 8.24. The summed E-state index contributed by atoms with van der Waals surface area (Å²) >= 11 is 6.23. The zero-order valence-electron chi connectivity index (χ0n) is 16.8. The number of nitriles is 1. The van der Waals surface area contributed by atoms with Crippen LogP contribution in [0, 0.1) is 11.3 Å². The van der Waals surface area contributed by atoms with Crippen molar-refractivity contribution in [2.75, 3.05) is 31.1 Å². The van der Waals surface area contributed by atoms with Crippen LogP contribution in [0.2, 0.25) is 5.02 Å². The smallest absolute Gasteiger partial charge is 0.274 e. The quantitative estimate of drug-likeness (QED) is 0.469. The molecule has 3 aromatic heterocycles. The number of anilines is 1. The molecule has 32 heavy (non-hydrogen) atoms. The van der Waals surface area contributed by atoms with Gasteiger partial charge in [-0.25, -0.2) is 4.68 Å². The summed E-state index contributed by atoms with van der Waals surface area (Å²) in [4.78, 5) is 20.8. The van der Waals surface area contributed by atoms with Gasteiger partial charge in [0.05, 0.1) is 17.0 Å². The van der Waals surface area contributed by atoms with Crippen LogP contribution < -0.4 is 4.90 Å². The highest BCUT2D eigenvalue weighted by Gasteiger charge is 2.28. The van der Waals surface area contributed by atoms with Crippen molar-refractivity contribution in [3.05, 3.63) is 71.3 Å². The number of para-hydroxylation sites is 1. The van der Waals surface area contributed by atoms with Gasteiger partial charge in [0.15, 0.2) is 11.5 Å². The lowest BCUT2D eigenvalue weighted by atomic mass is 10.2. The molecule has 4 heterocycles. The second-order valence-electron chi connectivity index (χ2n) is 7.14.